The summed E-state index contributed by atoms with van der Waals surface area (Å²) in [6.07, 6.45) is 2.15. The van der Waals surface area contributed by atoms with Gasteiger partial charge < -0.3 is 9.64 Å². The maximum absolute atomic E-state index is 12.0. The number of methoxy groups -OCH3 is 1. The maximum Gasteiger partial charge on any atom is 0.246 e. The fraction of sp³-hybridized carbons (Fsp3) is 0.429. The summed E-state index contributed by atoms with van der Waals surface area (Å²) in [5.74, 6) is 1.33. The Morgan fingerprint density at radius 1 is 1.24 bits per heavy atom. The Kier molecular flexibility index (Phi) is 3.81. The van der Waals surface area contributed by atoms with Crippen molar-refractivity contribution in [2.75, 3.05) is 20.2 Å². The van der Waals surface area contributed by atoms with E-state index in [4.69, 9.17) is 4.74 Å². The Hall–Kier alpha value is -2.44. The monoisotopic (exact) mass is 287 g/mol. The van der Waals surface area contributed by atoms with Crippen LogP contribution >= 0.6 is 0 Å². The lowest BCUT2D eigenvalue weighted by atomic mass is 10.2. The van der Waals surface area contributed by atoms with Gasteiger partial charge in [0, 0.05) is 18.7 Å². The molecule has 0 spiro atoms. The minimum Gasteiger partial charge on any atom is -0.497 e. The van der Waals surface area contributed by atoms with Gasteiger partial charge in [-0.15, -0.1) is 10.2 Å². The molecule has 2 heterocycles. The van der Waals surface area contributed by atoms with E-state index < -0.39 is 0 Å². The Morgan fingerprint density at radius 3 is 2.62 bits per heavy atom. The predicted molar refractivity (Wildman–Crippen MR) is 75.6 cm³/mol. The van der Waals surface area contributed by atoms with Crippen molar-refractivity contribution < 1.29 is 9.53 Å². The molecule has 0 aliphatic carbocycles. The van der Waals surface area contributed by atoms with E-state index in [2.05, 4.69) is 15.4 Å². The number of rotatable bonds is 4. The van der Waals surface area contributed by atoms with Crippen molar-refractivity contribution in [3.05, 3.63) is 24.3 Å². The molecule has 3 rings (SSSR count). The lowest BCUT2D eigenvalue weighted by molar-refractivity contribution is -0.131. The topological polar surface area (TPSA) is 73.1 Å². The first-order chi connectivity index (χ1) is 10.3. The Morgan fingerprint density at radius 2 is 1.95 bits per heavy atom. The van der Waals surface area contributed by atoms with E-state index in [1.807, 2.05) is 29.2 Å². The molecule has 110 valence electrons. The van der Waals surface area contributed by atoms with E-state index >= 15 is 0 Å². The molecule has 1 aliphatic heterocycles. The van der Waals surface area contributed by atoms with Gasteiger partial charge in [-0.3, -0.25) is 4.79 Å². The molecule has 7 nitrogen and oxygen atoms in total. The molecular weight excluding hydrogens is 270 g/mol. The van der Waals surface area contributed by atoms with Crippen molar-refractivity contribution in [3.8, 4) is 17.1 Å². The molecule has 0 radical (unpaired) electrons. The summed E-state index contributed by atoms with van der Waals surface area (Å²) in [4.78, 5) is 15.2. The third-order valence-electron chi connectivity index (χ3n) is 3.54. The highest BCUT2D eigenvalue weighted by Gasteiger charge is 2.19. The summed E-state index contributed by atoms with van der Waals surface area (Å²) < 4.78 is 5.11. The molecule has 0 unspecified atom stereocenters. The smallest absolute Gasteiger partial charge is 0.246 e. The number of aromatic nitrogens is 4. The number of carbonyl (C=O) groups excluding carboxylic acids is 1. The second-order valence-corrected chi connectivity index (χ2v) is 4.96. The van der Waals surface area contributed by atoms with E-state index in [1.54, 1.807) is 7.11 Å². The largest absolute Gasteiger partial charge is 0.497 e. The van der Waals surface area contributed by atoms with Gasteiger partial charge in [0.15, 0.2) is 0 Å². The molecule has 1 aliphatic rings. The summed E-state index contributed by atoms with van der Waals surface area (Å²) in [7, 11) is 1.62. The van der Waals surface area contributed by atoms with Crippen LogP contribution in [0.5, 0.6) is 5.75 Å². The van der Waals surface area contributed by atoms with Gasteiger partial charge in [0.05, 0.1) is 7.11 Å². The van der Waals surface area contributed by atoms with Crippen molar-refractivity contribution in [1.82, 2.24) is 25.1 Å². The number of carbonyl (C=O) groups is 1. The van der Waals surface area contributed by atoms with Crippen LogP contribution in [0.3, 0.4) is 0 Å². The average molecular weight is 287 g/mol. The number of tetrazole rings is 1. The summed E-state index contributed by atoms with van der Waals surface area (Å²) in [6.45, 7) is 1.81. The van der Waals surface area contributed by atoms with Gasteiger partial charge in [-0.25, -0.2) is 0 Å². The zero-order valence-electron chi connectivity index (χ0n) is 11.9. The van der Waals surface area contributed by atoms with Crippen LogP contribution in [0.2, 0.25) is 0 Å². The molecule has 1 fully saturated rings. The summed E-state index contributed by atoms with van der Waals surface area (Å²) in [5.41, 5.74) is 0.843. The van der Waals surface area contributed by atoms with E-state index in [-0.39, 0.29) is 12.5 Å². The zero-order valence-corrected chi connectivity index (χ0v) is 11.9. The minimum atomic E-state index is 0.0474. The van der Waals surface area contributed by atoms with Crippen molar-refractivity contribution in [2.24, 2.45) is 0 Å². The molecular formula is C14H17N5O2. The van der Waals surface area contributed by atoms with Crippen molar-refractivity contribution in [2.45, 2.75) is 19.4 Å². The minimum absolute atomic E-state index is 0.0474. The fourth-order valence-corrected chi connectivity index (χ4v) is 2.35. The number of ether oxygens (including phenoxy) is 1. The zero-order chi connectivity index (χ0) is 14.7. The second-order valence-electron chi connectivity index (χ2n) is 4.96. The van der Waals surface area contributed by atoms with E-state index in [0.717, 1.165) is 37.2 Å². The number of benzene rings is 1. The van der Waals surface area contributed by atoms with Gasteiger partial charge in [-0.05, 0) is 42.3 Å². The quantitative estimate of drug-likeness (QED) is 0.838. The predicted octanol–water partition coefficient (Wildman–Crippen LogP) is 0.971. The Labute approximate surface area is 122 Å². The fourth-order valence-electron chi connectivity index (χ4n) is 2.35. The number of nitrogens with zero attached hydrogens (tertiary/aromatic N) is 5. The molecule has 1 amide bonds. The van der Waals surface area contributed by atoms with Crippen LogP contribution < -0.4 is 4.74 Å². The van der Waals surface area contributed by atoms with Crippen LogP contribution in [0.15, 0.2) is 24.3 Å². The van der Waals surface area contributed by atoms with Crippen LogP contribution in [0, 0.1) is 0 Å². The van der Waals surface area contributed by atoms with E-state index in [1.165, 1.54) is 4.80 Å². The first-order valence-electron chi connectivity index (χ1n) is 6.96. The molecule has 21 heavy (non-hydrogen) atoms. The Balaban J connectivity index is 1.68. The lowest BCUT2D eigenvalue weighted by Gasteiger charge is -2.13. The molecule has 1 saturated heterocycles. The van der Waals surface area contributed by atoms with Gasteiger partial charge >= 0.3 is 0 Å². The molecule has 1 aromatic heterocycles. The SMILES string of the molecule is COc1ccc(-c2nnn(CC(=O)N3CCCC3)n2)cc1. The van der Waals surface area contributed by atoms with Crippen LogP contribution in [0.4, 0.5) is 0 Å². The third kappa shape index (κ3) is 3.01. The van der Waals surface area contributed by atoms with Gasteiger partial charge in [0.2, 0.25) is 11.7 Å². The molecule has 2 aromatic rings. The number of hydrogen-bond acceptors (Lipinski definition) is 5. The Bertz CT molecular complexity index is 617. The average Bonchev–Trinajstić information content (AvgIpc) is 3.19. The number of hydrogen-bond donors (Lipinski definition) is 0. The van der Waals surface area contributed by atoms with Gasteiger partial charge in [-0.2, -0.15) is 4.80 Å². The first-order valence-corrected chi connectivity index (χ1v) is 6.96. The van der Waals surface area contributed by atoms with E-state index in [9.17, 15) is 4.79 Å². The van der Waals surface area contributed by atoms with Crippen LogP contribution in [-0.2, 0) is 11.3 Å². The van der Waals surface area contributed by atoms with Crippen molar-refractivity contribution in [3.63, 3.8) is 0 Å². The highest BCUT2D eigenvalue weighted by molar-refractivity contribution is 5.76. The standard InChI is InChI=1S/C14H17N5O2/c1-21-12-6-4-11(5-7-12)14-15-17-19(16-14)10-13(20)18-8-2-3-9-18/h4-7H,2-3,8-10H2,1H3. The van der Waals surface area contributed by atoms with Crippen LogP contribution in [0.1, 0.15) is 12.8 Å². The summed E-state index contributed by atoms with van der Waals surface area (Å²) in [6, 6.07) is 7.40. The second kappa shape index (κ2) is 5.90. The van der Waals surface area contributed by atoms with Crippen LogP contribution in [0.25, 0.3) is 11.4 Å². The van der Waals surface area contributed by atoms with Gasteiger partial charge in [0.1, 0.15) is 12.3 Å². The van der Waals surface area contributed by atoms with Gasteiger partial charge in [0.25, 0.3) is 0 Å². The highest BCUT2D eigenvalue weighted by atomic mass is 16.5. The first kappa shape index (κ1) is 13.5. The third-order valence-corrected chi connectivity index (χ3v) is 3.54. The van der Waals surface area contributed by atoms with Crippen molar-refractivity contribution in [1.29, 1.82) is 0 Å². The number of amides is 1. The normalized spacial score (nSPS) is 14.4. The number of likely N-dealkylation sites (tertiary alicyclic amines) is 1. The van der Waals surface area contributed by atoms with Gasteiger partial charge in [-0.1, -0.05) is 0 Å². The molecule has 0 atom stereocenters. The lowest BCUT2D eigenvalue weighted by Crippen LogP contribution is -2.31. The summed E-state index contributed by atoms with van der Waals surface area (Å²) >= 11 is 0. The van der Waals surface area contributed by atoms with Crippen LogP contribution in [-0.4, -0.2) is 51.2 Å². The maximum atomic E-state index is 12.0. The molecule has 1 aromatic carbocycles. The highest BCUT2D eigenvalue weighted by Crippen LogP contribution is 2.18. The summed E-state index contributed by atoms with van der Waals surface area (Å²) in [5, 5.41) is 12.2. The molecule has 0 saturated carbocycles. The molecule has 0 bridgehead atoms. The van der Waals surface area contributed by atoms with Crippen molar-refractivity contribution >= 4 is 5.91 Å². The molecule has 0 N–H and O–H groups in total. The van der Waals surface area contributed by atoms with E-state index in [0.29, 0.717) is 5.82 Å². The molecule has 7 heteroatoms.